The van der Waals surface area contributed by atoms with Crippen molar-refractivity contribution in [2.75, 3.05) is 7.11 Å². The van der Waals surface area contributed by atoms with Crippen molar-refractivity contribution in [3.05, 3.63) is 35.4 Å². The molecule has 1 aromatic rings. The number of nitrogens with one attached hydrogen (secondary N) is 1. The molecule has 1 N–H and O–H groups in total. The first kappa shape index (κ1) is 14.2. The van der Waals surface area contributed by atoms with E-state index in [0.29, 0.717) is 5.56 Å². The van der Waals surface area contributed by atoms with Crippen LogP contribution in [0.5, 0.6) is 0 Å². The molecule has 0 aliphatic carbocycles. The summed E-state index contributed by atoms with van der Waals surface area (Å²) < 4.78 is 5.12. The van der Waals surface area contributed by atoms with Crippen LogP contribution in [0, 0.1) is 11.3 Å². The standard InChI is InChI=1S/C14H18N2O2/c1-10(16-13(17)14(2,3)18-4)12-7-5-11(9-15)6-8-12/h5-8,10H,1-4H3,(H,16,17). The van der Waals surface area contributed by atoms with Gasteiger partial charge in [-0.15, -0.1) is 0 Å². The smallest absolute Gasteiger partial charge is 0.252 e. The number of hydrogen-bond acceptors (Lipinski definition) is 3. The molecule has 1 rings (SSSR count). The van der Waals surface area contributed by atoms with E-state index in [2.05, 4.69) is 11.4 Å². The topological polar surface area (TPSA) is 62.1 Å². The lowest BCUT2D eigenvalue weighted by Crippen LogP contribution is -2.44. The van der Waals surface area contributed by atoms with E-state index in [0.717, 1.165) is 5.56 Å². The first-order valence-electron chi connectivity index (χ1n) is 5.77. The van der Waals surface area contributed by atoms with Crippen LogP contribution >= 0.6 is 0 Å². The summed E-state index contributed by atoms with van der Waals surface area (Å²) in [5.74, 6) is -0.165. The van der Waals surface area contributed by atoms with Crippen molar-refractivity contribution >= 4 is 5.91 Å². The highest BCUT2D eigenvalue weighted by molar-refractivity contribution is 5.84. The lowest BCUT2D eigenvalue weighted by Gasteiger charge is -2.24. The fourth-order valence-electron chi connectivity index (χ4n) is 1.39. The van der Waals surface area contributed by atoms with E-state index in [1.165, 1.54) is 7.11 Å². The Balaban J connectivity index is 2.74. The van der Waals surface area contributed by atoms with E-state index in [1.807, 2.05) is 19.1 Å². The highest BCUT2D eigenvalue weighted by Crippen LogP contribution is 2.15. The number of benzene rings is 1. The maximum Gasteiger partial charge on any atom is 0.252 e. The monoisotopic (exact) mass is 246 g/mol. The zero-order valence-corrected chi connectivity index (χ0v) is 11.2. The summed E-state index contributed by atoms with van der Waals surface area (Å²) in [6.07, 6.45) is 0. The van der Waals surface area contributed by atoms with Gasteiger partial charge in [-0.25, -0.2) is 0 Å². The third-order valence-electron chi connectivity index (χ3n) is 2.94. The van der Waals surface area contributed by atoms with E-state index in [1.54, 1.807) is 26.0 Å². The molecular formula is C14H18N2O2. The Labute approximate surface area is 108 Å². The summed E-state index contributed by atoms with van der Waals surface area (Å²) in [5.41, 5.74) is 0.713. The number of nitrogens with zero attached hydrogens (tertiary/aromatic N) is 1. The molecule has 0 aliphatic heterocycles. The molecule has 1 atom stereocenters. The van der Waals surface area contributed by atoms with E-state index < -0.39 is 5.60 Å². The van der Waals surface area contributed by atoms with E-state index in [-0.39, 0.29) is 11.9 Å². The molecule has 0 saturated heterocycles. The third-order valence-corrected chi connectivity index (χ3v) is 2.94. The number of methoxy groups -OCH3 is 1. The van der Waals surface area contributed by atoms with Crippen LogP contribution in [-0.4, -0.2) is 18.6 Å². The molecule has 0 heterocycles. The van der Waals surface area contributed by atoms with Gasteiger partial charge in [0.05, 0.1) is 17.7 Å². The van der Waals surface area contributed by atoms with Gasteiger partial charge < -0.3 is 10.1 Å². The summed E-state index contributed by atoms with van der Waals surface area (Å²) >= 11 is 0. The largest absolute Gasteiger partial charge is 0.369 e. The minimum absolute atomic E-state index is 0.125. The predicted octanol–water partition coefficient (Wildman–Crippen LogP) is 2.16. The van der Waals surface area contributed by atoms with Crippen LogP contribution in [-0.2, 0) is 9.53 Å². The molecule has 0 spiro atoms. The van der Waals surface area contributed by atoms with Crippen molar-refractivity contribution in [3.8, 4) is 6.07 Å². The number of carbonyl (C=O) groups is 1. The summed E-state index contributed by atoms with van der Waals surface area (Å²) in [5, 5.41) is 11.6. The molecule has 0 aliphatic rings. The Hall–Kier alpha value is -1.86. The molecule has 0 fully saturated rings. The van der Waals surface area contributed by atoms with Crippen molar-refractivity contribution in [3.63, 3.8) is 0 Å². The number of nitriles is 1. The van der Waals surface area contributed by atoms with Gasteiger partial charge in [0.2, 0.25) is 0 Å². The average Bonchev–Trinajstić information content (AvgIpc) is 2.38. The molecule has 4 heteroatoms. The lowest BCUT2D eigenvalue weighted by atomic mass is 10.0. The summed E-state index contributed by atoms with van der Waals surface area (Å²) in [6, 6.07) is 9.08. The number of hydrogen-bond donors (Lipinski definition) is 1. The number of carbonyl (C=O) groups excluding carboxylic acids is 1. The van der Waals surface area contributed by atoms with Gasteiger partial charge in [-0.05, 0) is 38.5 Å². The van der Waals surface area contributed by atoms with Crippen LogP contribution in [0.3, 0.4) is 0 Å². The number of ether oxygens (including phenoxy) is 1. The second kappa shape index (κ2) is 5.65. The van der Waals surface area contributed by atoms with Crippen molar-refractivity contribution in [2.45, 2.75) is 32.4 Å². The molecule has 0 radical (unpaired) electrons. The van der Waals surface area contributed by atoms with Crippen LogP contribution in [0.2, 0.25) is 0 Å². The minimum atomic E-state index is -0.846. The van der Waals surface area contributed by atoms with Crippen molar-refractivity contribution in [1.29, 1.82) is 5.26 Å². The summed E-state index contributed by atoms with van der Waals surface area (Å²) in [4.78, 5) is 11.9. The highest BCUT2D eigenvalue weighted by Gasteiger charge is 2.28. The Morgan fingerprint density at radius 3 is 2.39 bits per heavy atom. The van der Waals surface area contributed by atoms with Crippen LogP contribution in [0.4, 0.5) is 0 Å². The van der Waals surface area contributed by atoms with Crippen molar-refractivity contribution in [1.82, 2.24) is 5.32 Å². The summed E-state index contributed by atoms with van der Waals surface area (Å²) in [7, 11) is 1.51. The zero-order chi connectivity index (χ0) is 13.8. The van der Waals surface area contributed by atoms with Crippen LogP contribution in [0.15, 0.2) is 24.3 Å². The number of amides is 1. The molecule has 18 heavy (non-hydrogen) atoms. The molecule has 4 nitrogen and oxygen atoms in total. The third kappa shape index (κ3) is 3.31. The first-order chi connectivity index (χ1) is 8.40. The number of rotatable bonds is 4. The zero-order valence-electron chi connectivity index (χ0n) is 11.2. The van der Waals surface area contributed by atoms with E-state index in [9.17, 15) is 4.79 Å². The Kier molecular flexibility index (Phi) is 4.46. The minimum Gasteiger partial charge on any atom is -0.369 e. The Bertz CT molecular complexity index is 458. The normalized spacial score (nSPS) is 12.6. The van der Waals surface area contributed by atoms with Gasteiger partial charge in [0.25, 0.3) is 5.91 Å². The van der Waals surface area contributed by atoms with Crippen LogP contribution in [0.1, 0.15) is 37.9 Å². The average molecular weight is 246 g/mol. The molecular weight excluding hydrogens is 228 g/mol. The molecule has 1 unspecified atom stereocenters. The summed E-state index contributed by atoms with van der Waals surface area (Å²) in [6.45, 7) is 5.33. The molecule has 1 aromatic carbocycles. The van der Waals surface area contributed by atoms with Gasteiger partial charge in [0.15, 0.2) is 0 Å². The van der Waals surface area contributed by atoms with E-state index in [4.69, 9.17) is 10.00 Å². The maximum atomic E-state index is 11.9. The highest BCUT2D eigenvalue weighted by atomic mass is 16.5. The van der Waals surface area contributed by atoms with Crippen LogP contribution in [0.25, 0.3) is 0 Å². The Morgan fingerprint density at radius 1 is 1.39 bits per heavy atom. The van der Waals surface area contributed by atoms with Gasteiger partial charge in [-0.2, -0.15) is 5.26 Å². The van der Waals surface area contributed by atoms with E-state index >= 15 is 0 Å². The fourth-order valence-corrected chi connectivity index (χ4v) is 1.39. The SMILES string of the molecule is COC(C)(C)C(=O)NC(C)c1ccc(C#N)cc1. The molecule has 96 valence electrons. The first-order valence-corrected chi connectivity index (χ1v) is 5.77. The lowest BCUT2D eigenvalue weighted by molar-refractivity contribution is -0.140. The van der Waals surface area contributed by atoms with Crippen molar-refractivity contribution < 1.29 is 9.53 Å². The Morgan fingerprint density at radius 2 is 1.94 bits per heavy atom. The van der Waals surface area contributed by atoms with Gasteiger partial charge in [0.1, 0.15) is 5.60 Å². The maximum absolute atomic E-state index is 11.9. The molecule has 0 aromatic heterocycles. The van der Waals surface area contributed by atoms with Gasteiger partial charge in [-0.1, -0.05) is 12.1 Å². The molecule has 0 bridgehead atoms. The van der Waals surface area contributed by atoms with Gasteiger partial charge in [0, 0.05) is 7.11 Å². The fraction of sp³-hybridized carbons (Fsp3) is 0.429. The predicted molar refractivity (Wildman–Crippen MR) is 68.8 cm³/mol. The van der Waals surface area contributed by atoms with Gasteiger partial charge in [-0.3, -0.25) is 4.79 Å². The molecule has 1 amide bonds. The van der Waals surface area contributed by atoms with Crippen LogP contribution < -0.4 is 5.32 Å². The second-order valence-corrected chi connectivity index (χ2v) is 4.64. The second-order valence-electron chi connectivity index (χ2n) is 4.64. The van der Waals surface area contributed by atoms with Crippen molar-refractivity contribution in [2.24, 2.45) is 0 Å². The molecule has 0 saturated carbocycles. The quantitative estimate of drug-likeness (QED) is 0.885. The van der Waals surface area contributed by atoms with Gasteiger partial charge >= 0.3 is 0 Å².